The number of carbonyl (C=O) groups is 2. The Morgan fingerprint density at radius 2 is 2.11 bits per heavy atom. The van der Waals surface area contributed by atoms with Gasteiger partial charge in [0.05, 0.1) is 26.0 Å². The molecule has 0 aromatic carbocycles. The Bertz CT molecular complexity index is 419. The van der Waals surface area contributed by atoms with Crippen LogP contribution in [0.2, 0.25) is 0 Å². The molecular formula is C11H16N4O3. The molecule has 0 saturated carbocycles. The molecule has 7 nitrogen and oxygen atoms in total. The molecule has 1 heterocycles. The highest BCUT2D eigenvalue weighted by Crippen LogP contribution is 2.06. The van der Waals surface area contributed by atoms with E-state index in [1.54, 1.807) is 11.9 Å². The van der Waals surface area contributed by atoms with E-state index in [-0.39, 0.29) is 18.1 Å². The highest BCUT2D eigenvalue weighted by Gasteiger charge is 2.11. The average molecular weight is 252 g/mol. The molecule has 0 saturated heterocycles. The van der Waals surface area contributed by atoms with Gasteiger partial charge in [-0.3, -0.25) is 4.79 Å². The van der Waals surface area contributed by atoms with Crippen LogP contribution < -0.4 is 10.2 Å². The Hall–Kier alpha value is -2.18. The van der Waals surface area contributed by atoms with Gasteiger partial charge in [-0.15, -0.1) is 0 Å². The molecule has 0 aliphatic rings. The van der Waals surface area contributed by atoms with Crippen LogP contribution in [0.4, 0.5) is 5.82 Å². The Labute approximate surface area is 105 Å². The summed E-state index contributed by atoms with van der Waals surface area (Å²) in [6, 6.07) is 0. The number of anilines is 1. The molecule has 0 aliphatic heterocycles. The van der Waals surface area contributed by atoms with Crippen LogP contribution in [0.15, 0.2) is 12.4 Å². The van der Waals surface area contributed by atoms with Crippen molar-refractivity contribution in [1.82, 2.24) is 15.3 Å². The normalized spacial score (nSPS) is 9.72. The minimum atomic E-state index is -0.541. The molecule has 0 bridgehead atoms. The van der Waals surface area contributed by atoms with Gasteiger partial charge in [-0.05, 0) is 6.92 Å². The van der Waals surface area contributed by atoms with E-state index in [1.165, 1.54) is 19.5 Å². The zero-order chi connectivity index (χ0) is 13.5. The van der Waals surface area contributed by atoms with E-state index < -0.39 is 5.97 Å². The fourth-order valence-corrected chi connectivity index (χ4v) is 1.28. The lowest BCUT2D eigenvalue weighted by atomic mass is 10.4. The van der Waals surface area contributed by atoms with Gasteiger partial charge in [-0.1, -0.05) is 0 Å². The van der Waals surface area contributed by atoms with Gasteiger partial charge >= 0.3 is 5.97 Å². The first-order valence-electron chi connectivity index (χ1n) is 5.46. The summed E-state index contributed by atoms with van der Waals surface area (Å²) >= 11 is 0. The molecule has 0 fully saturated rings. The van der Waals surface area contributed by atoms with Crippen molar-refractivity contribution in [1.29, 1.82) is 0 Å². The van der Waals surface area contributed by atoms with E-state index in [4.69, 9.17) is 0 Å². The van der Waals surface area contributed by atoms with Crippen LogP contribution >= 0.6 is 0 Å². The summed E-state index contributed by atoms with van der Waals surface area (Å²) in [5.41, 5.74) is 0.132. The minimum Gasteiger partial charge on any atom is -0.464 e. The number of methoxy groups -OCH3 is 1. The molecule has 0 spiro atoms. The molecule has 1 amide bonds. The van der Waals surface area contributed by atoms with Crippen molar-refractivity contribution in [3.05, 3.63) is 18.1 Å². The van der Waals surface area contributed by atoms with Crippen molar-refractivity contribution in [3.63, 3.8) is 0 Å². The van der Waals surface area contributed by atoms with Gasteiger partial charge in [-0.2, -0.15) is 0 Å². The molecular weight excluding hydrogens is 236 g/mol. The largest absolute Gasteiger partial charge is 0.464 e. The molecule has 1 aromatic rings. The van der Waals surface area contributed by atoms with E-state index in [0.29, 0.717) is 12.4 Å². The molecule has 1 aromatic heterocycles. The molecule has 0 unspecified atom stereocenters. The number of nitrogens with zero attached hydrogens (tertiary/aromatic N) is 3. The summed E-state index contributed by atoms with van der Waals surface area (Å²) in [5.74, 6) is -0.131. The number of rotatable bonds is 5. The number of hydrogen-bond acceptors (Lipinski definition) is 6. The molecule has 1 N–H and O–H groups in total. The summed E-state index contributed by atoms with van der Waals surface area (Å²) in [7, 11) is 3.00. The Balaban J connectivity index is 2.67. The first-order chi connectivity index (χ1) is 8.58. The highest BCUT2D eigenvalue weighted by atomic mass is 16.5. The minimum absolute atomic E-state index is 0.0983. The van der Waals surface area contributed by atoms with Crippen LogP contribution in [-0.2, 0) is 9.53 Å². The second-order valence-electron chi connectivity index (χ2n) is 3.56. The van der Waals surface area contributed by atoms with Crippen molar-refractivity contribution < 1.29 is 14.3 Å². The van der Waals surface area contributed by atoms with Crippen LogP contribution in [0.25, 0.3) is 0 Å². The molecule has 7 heteroatoms. The third kappa shape index (κ3) is 3.69. The molecule has 0 aliphatic carbocycles. The van der Waals surface area contributed by atoms with Crippen molar-refractivity contribution in [2.24, 2.45) is 0 Å². The Kier molecular flexibility index (Phi) is 5.04. The molecule has 98 valence electrons. The standard InChI is InChI=1S/C11H16N4O3/c1-4-12-10(16)7-15(2)9-6-13-8(5-14-9)11(17)18-3/h5-6H,4,7H2,1-3H3,(H,12,16). The quantitative estimate of drug-likeness (QED) is 0.733. The number of aromatic nitrogens is 2. The van der Waals surface area contributed by atoms with Gasteiger partial charge in [0.15, 0.2) is 5.69 Å². The zero-order valence-corrected chi connectivity index (χ0v) is 10.6. The second kappa shape index (κ2) is 6.53. The van der Waals surface area contributed by atoms with E-state index in [2.05, 4.69) is 20.0 Å². The predicted octanol–water partition coefficient (Wildman–Crippen LogP) is -0.164. The number of amides is 1. The number of esters is 1. The summed E-state index contributed by atoms with van der Waals surface area (Å²) in [5, 5.41) is 2.68. The van der Waals surface area contributed by atoms with Crippen molar-refractivity contribution in [2.75, 3.05) is 32.1 Å². The first kappa shape index (κ1) is 13.9. The number of nitrogens with one attached hydrogen (secondary N) is 1. The molecule has 18 heavy (non-hydrogen) atoms. The molecule has 0 atom stereocenters. The van der Waals surface area contributed by atoms with E-state index in [0.717, 1.165) is 0 Å². The monoisotopic (exact) mass is 252 g/mol. The summed E-state index contributed by atoms with van der Waals surface area (Å²) in [6.07, 6.45) is 2.74. The SMILES string of the molecule is CCNC(=O)CN(C)c1cnc(C(=O)OC)cn1. The van der Waals surface area contributed by atoms with Gasteiger partial charge in [0, 0.05) is 13.6 Å². The van der Waals surface area contributed by atoms with Gasteiger partial charge < -0.3 is 15.0 Å². The fraction of sp³-hybridized carbons (Fsp3) is 0.455. The van der Waals surface area contributed by atoms with E-state index in [9.17, 15) is 9.59 Å². The Morgan fingerprint density at radius 1 is 1.39 bits per heavy atom. The lowest BCUT2D eigenvalue weighted by molar-refractivity contribution is -0.119. The summed E-state index contributed by atoms with van der Waals surface area (Å²) in [4.78, 5) is 32.1. The Morgan fingerprint density at radius 3 is 2.61 bits per heavy atom. The molecule has 0 radical (unpaired) electrons. The number of likely N-dealkylation sites (N-methyl/N-ethyl adjacent to an activating group) is 2. The van der Waals surface area contributed by atoms with Crippen LogP contribution in [-0.4, -0.2) is 49.1 Å². The van der Waals surface area contributed by atoms with Crippen molar-refractivity contribution >= 4 is 17.7 Å². The number of carbonyl (C=O) groups excluding carboxylic acids is 2. The van der Waals surface area contributed by atoms with Gasteiger partial charge in [0.2, 0.25) is 5.91 Å². The van der Waals surface area contributed by atoms with Crippen LogP contribution in [0, 0.1) is 0 Å². The maximum atomic E-state index is 11.4. The van der Waals surface area contributed by atoms with E-state index in [1.807, 2.05) is 6.92 Å². The molecule has 1 rings (SSSR count). The fourth-order valence-electron chi connectivity index (χ4n) is 1.28. The van der Waals surface area contributed by atoms with Crippen LogP contribution in [0.3, 0.4) is 0 Å². The van der Waals surface area contributed by atoms with Crippen LogP contribution in [0.5, 0.6) is 0 Å². The zero-order valence-electron chi connectivity index (χ0n) is 10.6. The smallest absolute Gasteiger partial charge is 0.358 e. The third-order valence-electron chi connectivity index (χ3n) is 2.18. The average Bonchev–Trinajstić information content (AvgIpc) is 2.38. The van der Waals surface area contributed by atoms with Crippen molar-refractivity contribution in [3.8, 4) is 0 Å². The van der Waals surface area contributed by atoms with Crippen LogP contribution in [0.1, 0.15) is 17.4 Å². The maximum Gasteiger partial charge on any atom is 0.358 e. The van der Waals surface area contributed by atoms with Gasteiger partial charge in [-0.25, -0.2) is 14.8 Å². The number of ether oxygens (including phenoxy) is 1. The highest BCUT2D eigenvalue weighted by molar-refractivity contribution is 5.86. The number of hydrogen-bond donors (Lipinski definition) is 1. The topological polar surface area (TPSA) is 84.4 Å². The predicted molar refractivity (Wildman–Crippen MR) is 65.3 cm³/mol. The lowest BCUT2D eigenvalue weighted by Crippen LogP contribution is -2.35. The van der Waals surface area contributed by atoms with Gasteiger partial charge in [0.25, 0.3) is 0 Å². The summed E-state index contributed by atoms with van der Waals surface area (Å²) in [6.45, 7) is 2.61. The van der Waals surface area contributed by atoms with Gasteiger partial charge in [0.1, 0.15) is 5.82 Å². The summed E-state index contributed by atoms with van der Waals surface area (Å²) < 4.78 is 4.51. The van der Waals surface area contributed by atoms with E-state index >= 15 is 0 Å². The first-order valence-corrected chi connectivity index (χ1v) is 5.46. The van der Waals surface area contributed by atoms with Crippen molar-refractivity contribution in [2.45, 2.75) is 6.92 Å². The lowest BCUT2D eigenvalue weighted by Gasteiger charge is -2.16. The third-order valence-corrected chi connectivity index (χ3v) is 2.18. The second-order valence-corrected chi connectivity index (χ2v) is 3.56. The maximum absolute atomic E-state index is 11.4.